The Morgan fingerprint density at radius 3 is 2.79 bits per heavy atom. The third-order valence-electron chi connectivity index (χ3n) is 4.35. The average molecular weight is 426 g/mol. The molecule has 2 aromatic rings. The highest BCUT2D eigenvalue weighted by Crippen LogP contribution is 2.41. The topological polar surface area (TPSA) is 112 Å². The number of amides is 1. The number of methoxy groups -OCH3 is 1. The Morgan fingerprint density at radius 2 is 2.21 bits per heavy atom. The van der Waals surface area contributed by atoms with E-state index in [1.807, 2.05) is 0 Å². The van der Waals surface area contributed by atoms with E-state index in [0.717, 1.165) is 6.07 Å². The normalized spacial score (nSPS) is 21.1. The summed E-state index contributed by atoms with van der Waals surface area (Å²) in [7, 11) is 1.41. The van der Waals surface area contributed by atoms with Crippen molar-refractivity contribution in [3.05, 3.63) is 46.6 Å². The molecule has 0 unspecified atom stereocenters. The average Bonchev–Trinajstić information content (AvgIpc) is 2.69. The summed E-state index contributed by atoms with van der Waals surface area (Å²) >= 11 is 6.11. The van der Waals surface area contributed by atoms with Crippen LogP contribution in [0.15, 0.2) is 29.5 Å². The number of carbonyl (C=O) groups is 1. The molecule has 2 heterocycles. The van der Waals surface area contributed by atoms with Crippen LogP contribution in [-0.4, -0.2) is 41.8 Å². The van der Waals surface area contributed by atoms with Gasteiger partial charge in [0, 0.05) is 17.7 Å². The molecule has 29 heavy (non-hydrogen) atoms. The first-order valence-electron chi connectivity index (χ1n) is 8.53. The Balaban J connectivity index is 1.97. The second-order valence-electron chi connectivity index (χ2n) is 6.47. The van der Waals surface area contributed by atoms with E-state index in [9.17, 15) is 13.6 Å². The lowest BCUT2D eigenvalue weighted by Gasteiger charge is -2.35. The van der Waals surface area contributed by atoms with Crippen LogP contribution in [0.2, 0.25) is 5.02 Å². The van der Waals surface area contributed by atoms with Crippen molar-refractivity contribution in [2.24, 2.45) is 10.7 Å². The van der Waals surface area contributed by atoms with E-state index in [1.54, 1.807) is 6.92 Å². The Labute approximate surface area is 170 Å². The quantitative estimate of drug-likeness (QED) is 0.761. The number of carbonyl (C=O) groups excluding carboxylic acids is 1. The fraction of sp³-hybridized carbons (Fsp3) is 0.333. The minimum Gasteiger partial charge on any atom is -0.480 e. The van der Waals surface area contributed by atoms with Crippen LogP contribution in [0.1, 0.15) is 29.4 Å². The number of anilines is 1. The molecule has 1 aliphatic heterocycles. The van der Waals surface area contributed by atoms with Crippen molar-refractivity contribution in [2.45, 2.75) is 25.0 Å². The van der Waals surface area contributed by atoms with Crippen molar-refractivity contribution in [1.82, 2.24) is 9.97 Å². The van der Waals surface area contributed by atoms with Crippen molar-refractivity contribution in [3.63, 3.8) is 0 Å². The van der Waals surface area contributed by atoms with Gasteiger partial charge >= 0.3 is 0 Å². The number of alkyl halides is 1. The third kappa shape index (κ3) is 4.21. The molecule has 11 heteroatoms. The number of rotatable bonds is 5. The van der Waals surface area contributed by atoms with E-state index < -0.39 is 30.0 Å². The van der Waals surface area contributed by atoms with E-state index in [-0.39, 0.29) is 40.3 Å². The monoisotopic (exact) mass is 425 g/mol. The van der Waals surface area contributed by atoms with Crippen LogP contribution in [0.25, 0.3) is 0 Å². The summed E-state index contributed by atoms with van der Waals surface area (Å²) in [5.74, 6) is -1.26. The lowest BCUT2D eigenvalue weighted by atomic mass is 9.85. The van der Waals surface area contributed by atoms with E-state index in [0.29, 0.717) is 0 Å². The number of nitrogens with two attached hydrogens (primary N) is 1. The van der Waals surface area contributed by atoms with Gasteiger partial charge in [0.05, 0.1) is 24.5 Å². The van der Waals surface area contributed by atoms with Crippen LogP contribution in [0.5, 0.6) is 5.88 Å². The molecule has 8 nitrogen and oxygen atoms in total. The minimum absolute atomic E-state index is 0.0233. The fourth-order valence-corrected chi connectivity index (χ4v) is 3.35. The van der Waals surface area contributed by atoms with Crippen molar-refractivity contribution in [3.8, 4) is 5.88 Å². The highest BCUT2D eigenvalue weighted by molar-refractivity contribution is 6.31. The molecule has 0 radical (unpaired) electrons. The molecule has 0 bridgehead atoms. The van der Waals surface area contributed by atoms with Gasteiger partial charge in [0.2, 0.25) is 5.88 Å². The van der Waals surface area contributed by atoms with Gasteiger partial charge in [0.25, 0.3) is 11.9 Å². The first-order chi connectivity index (χ1) is 13.8. The maximum Gasteiger partial charge on any atom is 0.283 e. The van der Waals surface area contributed by atoms with Gasteiger partial charge in [-0.05, 0) is 19.1 Å². The number of nitrogens with one attached hydrogen (secondary N) is 1. The molecule has 154 valence electrons. The first-order valence-corrected chi connectivity index (χ1v) is 8.90. The summed E-state index contributed by atoms with van der Waals surface area (Å²) < 4.78 is 38.7. The number of hydrogen-bond acceptors (Lipinski definition) is 7. The van der Waals surface area contributed by atoms with E-state index in [2.05, 4.69) is 20.3 Å². The SMILES string of the molecule is COc1cnc(C(=O)Nc2cc(F)c(Cl)c([C@@]3(CF)C[C@@H](C)OC(N)=N3)c2)cn1. The fourth-order valence-electron chi connectivity index (χ4n) is 3.07. The van der Waals surface area contributed by atoms with Gasteiger partial charge in [-0.25, -0.2) is 23.7 Å². The molecular weight excluding hydrogens is 408 g/mol. The Kier molecular flexibility index (Phi) is 5.83. The van der Waals surface area contributed by atoms with Gasteiger partial charge < -0.3 is 20.5 Å². The van der Waals surface area contributed by atoms with Crippen LogP contribution in [0, 0.1) is 5.82 Å². The molecule has 1 aliphatic rings. The highest BCUT2D eigenvalue weighted by Gasteiger charge is 2.41. The van der Waals surface area contributed by atoms with Gasteiger partial charge in [0.1, 0.15) is 29.8 Å². The first kappa shape index (κ1) is 20.7. The second-order valence-corrected chi connectivity index (χ2v) is 6.84. The zero-order valence-corrected chi connectivity index (χ0v) is 16.3. The van der Waals surface area contributed by atoms with E-state index >= 15 is 0 Å². The number of benzene rings is 1. The Morgan fingerprint density at radius 1 is 1.45 bits per heavy atom. The van der Waals surface area contributed by atoms with Crippen molar-refractivity contribution < 1.29 is 23.0 Å². The largest absolute Gasteiger partial charge is 0.480 e. The second kappa shape index (κ2) is 8.16. The van der Waals surface area contributed by atoms with Crippen LogP contribution in [-0.2, 0) is 10.3 Å². The number of hydrogen-bond donors (Lipinski definition) is 2. The molecule has 0 saturated carbocycles. The van der Waals surface area contributed by atoms with E-state index in [4.69, 9.17) is 26.8 Å². The lowest BCUT2D eigenvalue weighted by molar-refractivity contribution is 0.102. The summed E-state index contributed by atoms with van der Waals surface area (Å²) in [6.45, 7) is 0.700. The Hall–Kier alpha value is -3.01. The predicted octanol–water partition coefficient (Wildman–Crippen LogP) is 2.82. The summed E-state index contributed by atoms with van der Waals surface area (Å²) in [5.41, 5.74) is 4.20. The molecule has 0 fully saturated rings. The number of amidine groups is 1. The number of aromatic nitrogens is 2. The summed E-state index contributed by atoms with van der Waals surface area (Å²) in [5, 5.41) is 2.18. The zero-order valence-electron chi connectivity index (χ0n) is 15.6. The molecule has 3 rings (SSSR count). The van der Waals surface area contributed by atoms with Crippen molar-refractivity contribution in [1.29, 1.82) is 0 Å². The summed E-state index contributed by atoms with van der Waals surface area (Å²) in [6, 6.07) is 2.15. The van der Waals surface area contributed by atoms with Gasteiger partial charge in [-0.15, -0.1) is 0 Å². The van der Waals surface area contributed by atoms with Crippen LogP contribution in [0.4, 0.5) is 14.5 Å². The molecule has 3 N–H and O–H groups in total. The van der Waals surface area contributed by atoms with E-state index in [1.165, 1.54) is 25.6 Å². The smallest absolute Gasteiger partial charge is 0.283 e. The standard InChI is InChI=1S/C18H18ClF2N5O3/c1-9-5-18(8-20,26-17(22)29-9)11-3-10(4-12(21)15(11)19)25-16(27)13-6-24-14(28-2)7-23-13/h3-4,6-7,9H,5,8H2,1-2H3,(H2,22,26)(H,25,27)/t9-,18+/m1/s1. The summed E-state index contributed by atoms with van der Waals surface area (Å²) in [6.07, 6.45) is 2.09. The van der Waals surface area contributed by atoms with Crippen LogP contribution in [0.3, 0.4) is 0 Å². The molecule has 1 aromatic heterocycles. The maximum absolute atomic E-state index is 14.5. The molecular formula is C18H18ClF2N5O3. The number of nitrogens with zero attached hydrogens (tertiary/aromatic N) is 3. The van der Waals surface area contributed by atoms with Crippen molar-refractivity contribution in [2.75, 3.05) is 19.1 Å². The maximum atomic E-state index is 14.5. The van der Waals surface area contributed by atoms with Crippen LogP contribution < -0.4 is 15.8 Å². The highest BCUT2D eigenvalue weighted by atomic mass is 35.5. The van der Waals surface area contributed by atoms with Gasteiger partial charge in [-0.2, -0.15) is 0 Å². The molecule has 0 spiro atoms. The Bertz CT molecular complexity index is 957. The van der Waals surface area contributed by atoms with Gasteiger partial charge in [-0.3, -0.25) is 4.79 Å². The van der Waals surface area contributed by atoms with Crippen LogP contribution >= 0.6 is 11.6 Å². The van der Waals surface area contributed by atoms with Gasteiger partial charge in [0.15, 0.2) is 0 Å². The minimum atomic E-state index is -1.53. The number of aliphatic imine (C=N–C) groups is 1. The molecule has 0 saturated heterocycles. The third-order valence-corrected chi connectivity index (χ3v) is 4.73. The molecule has 0 aliphatic carbocycles. The van der Waals surface area contributed by atoms with Crippen molar-refractivity contribution >= 4 is 29.2 Å². The lowest BCUT2D eigenvalue weighted by Crippen LogP contribution is -2.41. The molecule has 2 atom stereocenters. The predicted molar refractivity (Wildman–Crippen MR) is 102 cm³/mol. The number of halogens is 3. The zero-order chi connectivity index (χ0) is 21.2. The molecule has 1 amide bonds. The molecule has 1 aromatic carbocycles. The summed E-state index contributed by atoms with van der Waals surface area (Å²) in [4.78, 5) is 24.2. The van der Waals surface area contributed by atoms with Gasteiger partial charge in [-0.1, -0.05) is 11.6 Å². The number of ether oxygens (including phenoxy) is 2.